The Balaban J connectivity index is 2.24. The van der Waals surface area contributed by atoms with Gasteiger partial charge in [0, 0.05) is 27.5 Å². The first-order chi connectivity index (χ1) is 9.38. The fraction of sp³-hybridized carbons (Fsp3) is 0.286. The maximum Gasteiger partial charge on any atom is 0.306 e. The molecule has 1 atom stereocenters. The first-order valence-corrected chi connectivity index (χ1v) is 6.97. The molecule has 20 heavy (non-hydrogen) atoms. The van der Waals surface area contributed by atoms with Crippen LogP contribution in [0.4, 0.5) is 15.8 Å². The highest BCUT2D eigenvalue weighted by atomic mass is 32.1. The molecule has 0 aliphatic heterocycles. The van der Waals surface area contributed by atoms with Gasteiger partial charge in [-0.25, -0.2) is 0 Å². The van der Waals surface area contributed by atoms with Gasteiger partial charge in [-0.15, -0.1) is 11.3 Å². The van der Waals surface area contributed by atoms with Crippen LogP contribution in [0.1, 0.15) is 28.3 Å². The smallest absolute Gasteiger partial charge is 0.306 e. The molecule has 0 spiro atoms. The Labute approximate surface area is 120 Å². The largest absolute Gasteiger partial charge is 0.378 e. The first kappa shape index (κ1) is 14.5. The summed E-state index contributed by atoms with van der Waals surface area (Å²) in [5.74, 6) is -0.823. The van der Waals surface area contributed by atoms with Crippen molar-refractivity contribution in [1.29, 1.82) is 0 Å². The molecule has 1 unspecified atom stereocenters. The van der Waals surface area contributed by atoms with E-state index in [2.05, 4.69) is 11.4 Å². The molecular formula is C14H15FN2O2S. The van der Waals surface area contributed by atoms with E-state index in [1.807, 2.05) is 20.8 Å². The highest BCUT2D eigenvalue weighted by molar-refractivity contribution is 7.12. The molecular weight excluding hydrogens is 279 g/mol. The number of hydrogen-bond acceptors (Lipinski definition) is 4. The number of aryl methyl sites for hydroxylation is 2. The van der Waals surface area contributed by atoms with E-state index in [1.165, 1.54) is 21.9 Å². The zero-order chi connectivity index (χ0) is 14.9. The van der Waals surface area contributed by atoms with Crippen molar-refractivity contribution in [3.63, 3.8) is 0 Å². The lowest BCUT2D eigenvalue weighted by atomic mass is 10.1. The van der Waals surface area contributed by atoms with E-state index in [1.54, 1.807) is 11.3 Å². The zero-order valence-corrected chi connectivity index (χ0v) is 12.3. The van der Waals surface area contributed by atoms with E-state index in [4.69, 9.17) is 0 Å². The van der Waals surface area contributed by atoms with Crippen LogP contribution in [0, 0.1) is 29.8 Å². The van der Waals surface area contributed by atoms with Crippen molar-refractivity contribution in [3.8, 4) is 0 Å². The summed E-state index contributed by atoms with van der Waals surface area (Å²) in [4.78, 5) is 12.4. The van der Waals surface area contributed by atoms with Crippen LogP contribution in [0.15, 0.2) is 24.3 Å². The second-order valence-corrected chi connectivity index (χ2v) is 6.12. The van der Waals surface area contributed by atoms with E-state index in [9.17, 15) is 14.5 Å². The Morgan fingerprint density at radius 1 is 1.35 bits per heavy atom. The molecule has 0 saturated heterocycles. The van der Waals surface area contributed by atoms with Crippen molar-refractivity contribution in [3.05, 3.63) is 55.5 Å². The van der Waals surface area contributed by atoms with Gasteiger partial charge in [-0.1, -0.05) is 0 Å². The molecule has 0 aliphatic rings. The van der Waals surface area contributed by atoms with Crippen molar-refractivity contribution < 1.29 is 9.31 Å². The van der Waals surface area contributed by atoms with Gasteiger partial charge in [0.1, 0.15) is 0 Å². The number of anilines is 1. The van der Waals surface area contributed by atoms with Gasteiger partial charge in [0.25, 0.3) is 0 Å². The molecule has 6 heteroatoms. The molecule has 1 N–H and O–H groups in total. The fourth-order valence-electron chi connectivity index (χ4n) is 2.15. The van der Waals surface area contributed by atoms with Gasteiger partial charge in [-0.3, -0.25) is 10.1 Å². The van der Waals surface area contributed by atoms with Gasteiger partial charge >= 0.3 is 5.69 Å². The number of thiophene rings is 1. The lowest BCUT2D eigenvalue weighted by Gasteiger charge is -2.15. The van der Waals surface area contributed by atoms with E-state index in [-0.39, 0.29) is 6.04 Å². The third-order valence-corrected chi connectivity index (χ3v) is 4.05. The Kier molecular flexibility index (Phi) is 4.04. The summed E-state index contributed by atoms with van der Waals surface area (Å²) < 4.78 is 13.3. The standard InChI is InChI=1S/C14H15FN2O2S/c1-8-6-12(10(3)20-8)9(2)16-11-4-5-13(15)14(7-11)17(18)19/h4-7,9,16H,1-3H3. The molecule has 4 nitrogen and oxygen atoms in total. The lowest BCUT2D eigenvalue weighted by molar-refractivity contribution is -0.387. The Hall–Kier alpha value is -1.95. The van der Waals surface area contributed by atoms with Gasteiger partial charge < -0.3 is 5.32 Å². The van der Waals surface area contributed by atoms with Gasteiger partial charge in [-0.2, -0.15) is 4.39 Å². The normalized spacial score (nSPS) is 12.2. The number of nitro groups is 1. The number of hydrogen-bond donors (Lipinski definition) is 1. The second kappa shape index (κ2) is 5.58. The number of nitrogens with one attached hydrogen (secondary N) is 1. The summed E-state index contributed by atoms with van der Waals surface area (Å²) in [6, 6.07) is 5.94. The van der Waals surface area contributed by atoms with Crippen molar-refractivity contribution in [2.24, 2.45) is 0 Å². The molecule has 1 heterocycles. The molecule has 0 saturated carbocycles. The summed E-state index contributed by atoms with van der Waals surface area (Å²) in [6.07, 6.45) is 0. The minimum absolute atomic E-state index is 0.00464. The van der Waals surface area contributed by atoms with Crippen LogP contribution in [0.5, 0.6) is 0 Å². The first-order valence-electron chi connectivity index (χ1n) is 6.16. The maximum absolute atomic E-state index is 13.3. The van der Waals surface area contributed by atoms with Crippen molar-refractivity contribution in [2.75, 3.05) is 5.32 Å². The van der Waals surface area contributed by atoms with Gasteiger partial charge in [-0.05, 0) is 44.5 Å². The van der Waals surface area contributed by atoms with E-state index >= 15 is 0 Å². The van der Waals surface area contributed by atoms with Gasteiger partial charge in [0.15, 0.2) is 0 Å². The SMILES string of the molecule is Cc1cc(C(C)Nc2ccc(F)c([N+](=O)[O-])c2)c(C)s1. The average Bonchev–Trinajstić information content (AvgIpc) is 2.70. The molecule has 106 valence electrons. The van der Waals surface area contributed by atoms with Crippen LogP contribution >= 0.6 is 11.3 Å². The molecule has 0 aliphatic carbocycles. The van der Waals surface area contributed by atoms with E-state index in [0.29, 0.717) is 5.69 Å². The Bertz CT molecular complexity index is 655. The van der Waals surface area contributed by atoms with Crippen LogP contribution in [0.3, 0.4) is 0 Å². The quantitative estimate of drug-likeness (QED) is 0.663. The molecule has 0 fully saturated rings. The van der Waals surface area contributed by atoms with Crippen molar-refractivity contribution in [2.45, 2.75) is 26.8 Å². The van der Waals surface area contributed by atoms with Crippen LogP contribution in [-0.2, 0) is 0 Å². The van der Waals surface area contributed by atoms with Gasteiger partial charge in [0.05, 0.1) is 4.92 Å². The summed E-state index contributed by atoms with van der Waals surface area (Å²) in [7, 11) is 0. The van der Waals surface area contributed by atoms with Gasteiger partial charge in [0.2, 0.25) is 5.82 Å². The zero-order valence-electron chi connectivity index (χ0n) is 11.4. The molecule has 0 amide bonds. The highest BCUT2D eigenvalue weighted by Gasteiger charge is 2.16. The third-order valence-electron chi connectivity index (χ3n) is 3.07. The molecule has 1 aromatic carbocycles. The number of halogens is 1. The van der Waals surface area contributed by atoms with Crippen LogP contribution < -0.4 is 5.32 Å². The van der Waals surface area contributed by atoms with Crippen LogP contribution in [-0.4, -0.2) is 4.92 Å². The number of benzene rings is 1. The number of nitro benzene ring substituents is 1. The summed E-state index contributed by atoms with van der Waals surface area (Å²) in [5, 5.41) is 13.9. The highest BCUT2D eigenvalue weighted by Crippen LogP contribution is 2.30. The Morgan fingerprint density at radius 2 is 2.05 bits per heavy atom. The number of rotatable bonds is 4. The average molecular weight is 294 g/mol. The topological polar surface area (TPSA) is 55.2 Å². The summed E-state index contributed by atoms with van der Waals surface area (Å²) >= 11 is 1.71. The molecule has 2 rings (SSSR count). The van der Waals surface area contributed by atoms with E-state index < -0.39 is 16.4 Å². The van der Waals surface area contributed by atoms with Crippen LogP contribution in [0.2, 0.25) is 0 Å². The molecule has 1 aromatic heterocycles. The molecule has 0 bridgehead atoms. The van der Waals surface area contributed by atoms with E-state index in [0.717, 1.165) is 11.6 Å². The minimum atomic E-state index is -0.823. The number of nitrogens with zero attached hydrogens (tertiary/aromatic N) is 1. The Morgan fingerprint density at radius 3 is 2.60 bits per heavy atom. The summed E-state index contributed by atoms with van der Waals surface area (Å²) in [6.45, 7) is 6.05. The minimum Gasteiger partial charge on any atom is -0.378 e. The predicted octanol–water partition coefficient (Wildman–Crippen LogP) is 4.59. The van der Waals surface area contributed by atoms with Crippen molar-refractivity contribution >= 4 is 22.7 Å². The monoisotopic (exact) mass is 294 g/mol. The fourth-order valence-corrected chi connectivity index (χ4v) is 3.17. The van der Waals surface area contributed by atoms with Crippen molar-refractivity contribution in [1.82, 2.24) is 0 Å². The molecule has 0 radical (unpaired) electrons. The maximum atomic E-state index is 13.3. The summed E-state index contributed by atoms with van der Waals surface area (Å²) in [5.41, 5.74) is 1.17. The second-order valence-electron chi connectivity index (χ2n) is 4.66. The molecule has 2 aromatic rings. The predicted molar refractivity (Wildman–Crippen MR) is 78.9 cm³/mol. The van der Waals surface area contributed by atoms with Crippen LogP contribution in [0.25, 0.3) is 0 Å². The third kappa shape index (κ3) is 2.96. The lowest BCUT2D eigenvalue weighted by Crippen LogP contribution is -2.07.